The maximum absolute atomic E-state index is 13.5. The normalized spacial score (nSPS) is 12.7. The van der Waals surface area contributed by atoms with E-state index in [1.165, 1.54) is 12.1 Å². The highest BCUT2D eigenvalue weighted by Gasteiger charge is 2.09. The fourth-order valence-electron chi connectivity index (χ4n) is 1.68. The van der Waals surface area contributed by atoms with Gasteiger partial charge >= 0.3 is 0 Å². The van der Waals surface area contributed by atoms with Gasteiger partial charge in [-0.25, -0.2) is 13.8 Å². The Balaban J connectivity index is 2.28. The van der Waals surface area contributed by atoms with Crippen molar-refractivity contribution in [1.29, 1.82) is 0 Å². The maximum Gasteiger partial charge on any atom is 0.131 e. The Kier molecular flexibility index (Phi) is 3.19. The number of nitrogens with two attached hydrogens (primary N) is 1. The molecule has 0 fully saturated rings. The molecule has 1 aromatic carbocycles. The lowest BCUT2D eigenvalue weighted by Gasteiger charge is -2.11. The zero-order valence-electron chi connectivity index (χ0n) is 9.40. The van der Waals surface area contributed by atoms with Gasteiger partial charge in [0.05, 0.1) is 18.6 Å². The molecule has 0 radical (unpaired) electrons. The molecule has 1 atom stereocenters. The zero-order chi connectivity index (χ0) is 12.4. The molecule has 0 amide bonds. The van der Waals surface area contributed by atoms with Crippen molar-refractivity contribution in [3.05, 3.63) is 53.6 Å². The van der Waals surface area contributed by atoms with Crippen LogP contribution in [0.15, 0.2) is 30.7 Å². The van der Waals surface area contributed by atoms with Crippen molar-refractivity contribution in [2.24, 2.45) is 5.73 Å². The largest absolute Gasteiger partial charge is 0.329 e. The van der Waals surface area contributed by atoms with Gasteiger partial charge in [-0.15, -0.1) is 0 Å². The molecule has 17 heavy (non-hydrogen) atoms. The van der Waals surface area contributed by atoms with Crippen molar-refractivity contribution in [2.75, 3.05) is 0 Å². The first-order valence-electron chi connectivity index (χ1n) is 5.27. The number of imidazole rings is 1. The molecule has 90 valence electrons. The summed E-state index contributed by atoms with van der Waals surface area (Å²) in [5.41, 5.74) is 6.98. The standard InChI is InChI=1S/C12H13F2N3/c1-8(15)12-5-16-7-17(12)6-9-2-3-10(13)4-11(9)14/h2-5,7-8H,6,15H2,1H3/t8-/m1/s1. The molecule has 1 heterocycles. The van der Waals surface area contributed by atoms with Crippen LogP contribution in [0.25, 0.3) is 0 Å². The van der Waals surface area contributed by atoms with Gasteiger partial charge < -0.3 is 10.3 Å². The van der Waals surface area contributed by atoms with Crippen LogP contribution in [0.3, 0.4) is 0 Å². The molecule has 5 heteroatoms. The number of hydrogen-bond donors (Lipinski definition) is 1. The zero-order valence-corrected chi connectivity index (χ0v) is 9.40. The molecule has 2 aromatic rings. The second kappa shape index (κ2) is 4.63. The third-order valence-electron chi connectivity index (χ3n) is 2.57. The highest BCUT2D eigenvalue weighted by molar-refractivity contribution is 5.20. The summed E-state index contributed by atoms with van der Waals surface area (Å²) in [6.07, 6.45) is 3.23. The summed E-state index contributed by atoms with van der Waals surface area (Å²) in [6, 6.07) is 3.36. The van der Waals surface area contributed by atoms with Gasteiger partial charge in [0.25, 0.3) is 0 Å². The third kappa shape index (κ3) is 2.50. The van der Waals surface area contributed by atoms with E-state index in [4.69, 9.17) is 5.73 Å². The van der Waals surface area contributed by atoms with E-state index in [1.807, 2.05) is 6.92 Å². The van der Waals surface area contributed by atoms with E-state index in [9.17, 15) is 8.78 Å². The molecule has 0 saturated carbocycles. The van der Waals surface area contributed by atoms with Crippen molar-refractivity contribution in [3.8, 4) is 0 Å². The molecular weight excluding hydrogens is 224 g/mol. The number of benzene rings is 1. The molecule has 2 N–H and O–H groups in total. The summed E-state index contributed by atoms with van der Waals surface area (Å²) in [5.74, 6) is -1.14. The van der Waals surface area contributed by atoms with Crippen LogP contribution in [0.2, 0.25) is 0 Å². The topological polar surface area (TPSA) is 43.8 Å². The van der Waals surface area contributed by atoms with Gasteiger partial charge in [-0.05, 0) is 13.0 Å². The Labute approximate surface area is 97.9 Å². The minimum Gasteiger partial charge on any atom is -0.329 e. The van der Waals surface area contributed by atoms with Crippen LogP contribution in [-0.4, -0.2) is 9.55 Å². The average molecular weight is 237 g/mol. The second-order valence-corrected chi connectivity index (χ2v) is 3.97. The van der Waals surface area contributed by atoms with E-state index < -0.39 is 11.6 Å². The van der Waals surface area contributed by atoms with Crippen LogP contribution in [-0.2, 0) is 6.54 Å². The maximum atomic E-state index is 13.5. The highest BCUT2D eigenvalue weighted by atomic mass is 19.1. The smallest absolute Gasteiger partial charge is 0.131 e. The first-order chi connectivity index (χ1) is 8.08. The lowest BCUT2D eigenvalue weighted by atomic mass is 10.2. The Bertz CT molecular complexity index is 520. The molecule has 0 saturated heterocycles. The minimum absolute atomic E-state index is 0.180. The quantitative estimate of drug-likeness (QED) is 0.889. The Hall–Kier alpha value is -1.75. The number of halogens is 2. The lowest BCUT2D eigenvalue weighted by molar-refractivity contribution is 0.561. The summed E-state index contributed by atoms with van der Waals surface area (Å²) in [5, 5.41) is 0. The highest BCUT2D eigenvalue weighted by Crippen LogP contribution is 2.15. The summed E-state index contributed by atoms with van der Waals surface area (Å²) < 4.78 is 28.0. The molecule has 3 nitrogen and oxygen atoms in total. The Morgan fingerprint density at radius 1 is 1.41 bits per heavy atom. The van der Waals surface area contributed by atoms with E-state index in [2.05, 4.69) is 4.98 Å². The monoisotopic (exact) mass is 237 g/mol. The van der Waals surface area contributed by atoms with Gasteiger partial charge in [-0.2, -0.15) is 0 Å². The molecule has 0 aliphatic carbocycles. The second-order valence-electron chi connectivity index (χ2n) is 3.97. The summed E-state index contributed by atoms with van der Waals surface area (Å²) in [7, 11) is 0. The van der Waals surface area contributed by atoms with E-state index >= 15 is 0 Å². The van der Waals surface area contributed by atoms with Crippen molar-refractivity contribution in [3.63, 3.8) is 0 Å². The first kappa shape index (κ1) is 11.7. The van der Waals surface area contributed by atoms with E-state index in [-0.39, 0.29) is 6.04 Å². The fourth-order valence-corrected chi connectivity index (χ4v) is 1.68. The number of aromatic nitrogens is 2. The number of rotatable bonds is 3. The van der Waals surface area contributed by atoms with Crippen molar-refractivity contribution < 1.29 is 8.78 Å². The molecule has 2 rings (SSSR count). The van der Waals surface area contributed by atoms with Crippen LogP contribution in [0, 0.1) is 11.6 Å². The molecule has 0 spiro atoms. The van der Waals surface area contributed by atoms with Crippen LogP contribution in [0.1, 0.15) is 24.2 Å². The predicted octanol–water partition coefficient (Wildman–Crippen LogP) is 2.23. The molecule has 0 aliphatic heterocycles. The van der Waals surface area contributed by atoms with Gasteiger partial charge in [-0.3, -0.25) is 0 Å². The van der Waals surface area contributed by atoms with Crippen molar-refractivity contribution in [1.82, 2.24) is 9.55 Å². The number of nitrogens with zero attached hydrogens (tertiary/aromatic N) is 2. The van der Waals surface area contributed by atoms with Crippen LogP contribution >= 0.6 is 0 Å². The number of hydrogen-bond acceptors (Lipinski definition) is 2. The van der Waals surface area contributed by atoms with E-state index in [0.717, 1.165) is 11.8 Å². The summed E-state index contributed by atoms with van der Waals surface area (Å²) >= 11 is 0. The van der Waals surface area contributed by atoms with Crippen LogP contribution in [0.4, 0.5) is 8.78 Å². The van der Waals surface area contributed by atoms with Crippen LogP contribution in [0.5, 0.6) is 0 Å². The van der Waals surface area contributed by atoms with Crippen molar-refractivity contribution >= 4 is 0 Å². The fraction of sp³-hybridized carbons (Fsp3) is 0.250. The van der Waals surface area contributed by atoms with Gasteiger partial charge in [0.15, 0.2) is 0 Å². The van der Waals surface area contributed by atoms with Crippen molar-refractivity contribution in [2.45, 2.75) is 19.5 Å². The van der Waals surface area contributed by atoms with Crippen LogP contribution < -0.4 is 5.73 Å². The molecule has 0 bridgehead atoms. The van der Waals surface area contributed by atoms with Gasteiger partial charge in [0.2, 0.25) is 0 Å². The summed E-state index contributed by atoms with van der Waals surface area (Å²) in [6.45, 7) is 2.12. The van der Waals surface area contributed by atoms with E-state index in [1.54, 1.807) is 17.1 Å². The SMILES string of the molecule is C[C@@H](N)c1cncn1Cc1ccc(F)cc1F. The third-order valence-corrected chi connectivity index (χ3v) is 2.57. The van der Waals surface area contributed by atoms with Gasteiger partial charge in [-0.1, -0.05) is 6.07 Å². The minimum atomic E-state index is -0.579. The average Bonchev–Trinajstić information content (AvgIpc) is 2.70. The molecule has 0 aliphatic rings. The van der Waals surface area contributed by atoms with Gasteiger partial charge in [0, 0.05) is 23.9 Å². The van der Waals surface area contributed by atoms with E-state index in [0.29, 0.717) is 12.1 Å². The molecule has 1 aromatic heterocycles. The Morgan fingerprint density at radius 3 is 2.82 bits per heavy atom. The predicted molar refractivity (Wildman–Crippen MR) is 60.3 cm³/mol. The summed E-state index contributed by atoms with van der Waals surface area (Å²) in [4.78, 5) is 3.97. The van der Waals surface area contributed by atoms with Gasteiger partial charge in [0.1, 0.15) is 11.6 Å². The molecular formula is C12H13F2N3. The lowest BCUT2D eigenvalue weighted by Crippen LogP contribution is -2.13. The molecule has 0 unspecified atom stereocenters. The first-order valence-corrected chi connectivity index (χ1v) is 5.27. The Morgan fingerprint density at radius 2 is 2.18 bits per heavy atom.